The van der Waals surface area contributed by atoms with Crippen LogP contribution < -0.4 is 5.32 Å². The van der Waals surface area contributed by atoms with Crippen LogP contribution >= 0.6 is 26.8 Å². The molecule has 2 bridgehead atoms. The van der Waals surface area contributed by atoms with Crippen LogP contribution in [0.25, 0.3) is 11.2 Å². The molecule has 3 fully saturated rings. The average Bonchev–Trinajstić information content (AvgIpc) is 3.44. The summed E-state index contributed by atoms with van der Waals surface area (Å²) < 4.78 is 34.9. The molecule has 0 aromatic carbocycles. The van der Waals surface area contributed by atoms with Crippen molar-refractivity contribution >= 4 is 43.8 Å². The third-order valence-electron chi connectivity index (χ3n) is 8.91. The van der Waals surface area contributed by atoms with E-state index in [1.807, 2.05) is 0 Å². The van der Waals surface area contributed by atoms with Crippen molar-refractivity contribution in [3.05, 3.63) is 11.6 Å². The van der Waals surface area contributed by atoms with Gasteiger partial charge in [0.05, 0.1) is 12.9 Å². The SMILES string of the molecule is CC1(C)[C@H]2CC[C@@]1(C)C(Nc1nc(Cl)nc3c1ncn3[C@@H]1O[C@H](COP(=O)(O)CP(=O)(O)O)C(O)[C@@H]1O)C2. The molecule has 6 N–H and O–H groups in total. The van der Waals surface area contributed by atoms with Crippen molar-refractivity contribution in [1.82, 2.24) is 19.5 Å². The quantitative estimate of drug-likeness (QED) is 0.191. The Morgan fingerprint density at radius 2 is 1.92 bits per heavy atom. The largest absolute Gasteiger partial charge is 0.387 e. The molecule has 5 rings (SSSR count). The number of fused-ring (bicyclic) bond motifs is 3. The summed E-state index contributed by atoms with van der Waals surface area (Å²) in [7, 11) is -9.51. The third kappa shape index (κ3) is 4.83. The summed E-state index contributed by atoms with van der Waals surface area (Å²) in [6.07, 6.45) is -0.903. The fourth-order valence-corrected chi connectivity index (χ4v) is 9.06. The molecule has 0 spiro atoms. The Balaban J connectivity index is 1.37. The molecule has 2 aromatic heterocycles. The van der Waals surface area contributed by atoms with Crippen molar-refractivity contribution in [1.29, 1.82) is 0 Å². The van der Waals surface area contributed by atoms with E-state index in [0.717, 1.165) is 12.8 Å². The zero-order valence-corrected chi connectivity index (χ0v) is 23.6. The van der Waals surface area contributed by atoms with Gasteiger partial charge in [0, 0.05) is 6.04 Å². The van der Waals surface area contributed by atoms with E-state index in [1.165, 1.54) is 17.3 Å². The molecule has 38 heavy (non-hydrogen) atoms. The second-order valence-corrected chi connectivity index (χ2v) is 15.6. The van der Waals surface area contributed by atoms with E-state index in [1.54, 1.807) is 0 Å². The number of aromatic nitrogens is 4. The molecular weight excluding hydrogens is 564 g/mol. The third-order valence-corrected chi connectivity index (χ3v) is 12.5. The van der Waals surface area contributed by atoms with Crippen molar-refractivity contribution in [2.75, 3.05) is 17.8 Å². The molecule has 3 aliphatic rings. The molecular formula is C21H32ClN5O9P2. The van der Waals surface area contributed by atoms with Crippen LogP contribution in [-0.2, 0) is 18.4 Å². The number of imidazole rings is 1. The number of anilines is 1. The number of halogens is 1. The number of hydrogen-bond acceptors (Lipinski definition) is 10. The van der Waals surface area contributed by atoms with Gasteiger partial charge in [0.15, 0.2) is 29.1 Å². The molecule has 212 valence electrons. The van der Waals surface area contributed by atoms with E-state index in [4.69, 9.17) is 30.6 Å². The Bertz CT molecular complexity index is 1340. The highest BCUT2D eigenvalue weighted by Crippen LogP contribution is 2.66. The van der Waals surface area contributed by atoms with Crippen LogP contribution in [0.5, 0.6) is 0 Å². The number of aliphatic hydroxyl groups excluding tert-OH is 2. The lowest BCUT2D eigenvalue weighted by Gasteiger charge is -2.39. The summed E-state index contributed by atoms with van der Waals surface area (Å²) in [5.41, 5.74) is 0.855. The maximum absolute atomic E-state index is 12.0. The standard InChI is InChI=1S/C21H32ClN5O9P2/c1-20(2)10-4-5-21(20,3)12(6-10)24-16-13-17(26-19(22)25-16)27(8-23-13)18-15(29)14(28)11(36-18)7-35-38(33,34)9-37(30,31)32/h8,10-12,14-15,18,28-29H,4-7,9H2,1-3H3,(H,33,34)(H,24,25,26)(H2,30,31,32)/t10-,11+,12?,14?,15-,18+,21-/m0/s1. The molecule has 1 aliphatic heterocycles. The summed E-state index contributed by atoms with van der Waals surface area (Å²) in [4.78, 5) is 40.7. The van der Waals surface area contributed by atoms with Gasteiger partial charge in [-0.1, -0.05) is 20.8 Å². The molecule has 2 aliphatic carbocycles. The van der Waals surface area contributed by atoms with E-state index in [9.17, 15) is 24.2 Å². The minimum Gasteiger partial charge on any atom is -0.387 e. The first kappa shape index (κ1) is 28.4. The summed E-state index contributed by atoms with van der Waals surface area (Å²) >= 11 is 6.26. The lowest BCUT2D eigenvalue weighted by molar-refractivity contribution is -0.0483. The van der Waals surface area contributed by atoms with Crippen LogP contribution in [0.15, 0.2) is 6.33 Å². The molecule has 0 radical (unpaired) electrons. The van der Waals surface area contributed by atoms with Gasteiger partial charge in [-0.3, -0.25) is 13.7 Å². The molecule has 1 saturated heterocycles. The first-order valence-corrected chi connectivity index (χ1v) is 16.2. The van der Waals surface area contributed by atoms with Crippen molar-refractivity contribution in [3.8, 4) is 0 Å². The monoisotopic (exact) mass is 595 g/mol. The summed E-state index contributed by atoms with van der Waals surface area (Å²) in [6, 6.07) is 0.148. The van der Waals surface area contributed by atoms with E-state index >= 15 is 0 Å². The Labute approximate surface area is 223 Å². The summed E-state index contributed by atoms with van der Waals surface area (Å²) in [5, 5.41) is 24.6. The van der Waals surface area contributed by atoms with Gasteiger partial charge in [-0.2, -0.15) is 9.97 Å². The topological polar surface area (TPSA) is 209 Å². The van der Waals surface area contributed by atoms with Gasteiger partial charge >= 0.3 is 15.2 Å². The number of hydrogen-bond donors (Lipinski definition) is 6. The molecule has 2 saturated carbocycles. The Morgan fingerprint density at radius 3 is 2.53 bits per heavy atom. The molecule has 8 atom stereocenters. The maximum atomic E-state index is 12.0. The fraction of sp³-hybridized carbons (Fsp3) is 0.762. The second-order valence-electron chi connectivity index (χ2n) is 11.3. The van der Waals surface area contributed by atoms with Gasteiger partial charge in [0.2, 0.25) is 5.28 Å². The van der Waals surface area contributed by atoms with Crippen LogP contribution in [0.3, 0.4) is 0 Å². The second kappa shape index (κ2) is 9.44. The van der Waals surface area contributed by atoms with Crippen LogP contribution in [0.1, 0.15) is 46.3 Å². The smallest absolute Gasteiger partial charge is 0.340 e. The molecule has 0 amide bonds. The molecule has 3 heterocycles. The molecule has 14 nitrogen and oxygen atoms in total. The number of ether oxygens (including phenoxy) is 1. The predicted molar refractivity (Wildman–Crippen MR) is 136 cm³/mol. The van der Waals surface area contributed by atoms with Gasteiger partial charge < -0.3 is 39.5 Å². The number of nitrogens with zero attached hydrogens (tertiary/aromatic N) is 4. The fourth-order valence-electron chi connectivity index (χ4n) is 6.32. The van der Waals surface area contributed by atoms with Crippen LogP contribution in [0.4, 0.5) is 5.82 Å². The predicted octanol–water partition coefficient (Wildman–Crippen LogP) is 2.06. The van der Waals surface area contributed by atoms with Gasteiger partial charge in [-0.15, -0.1) is 0 Å². The van der Waals surface area contributed by atoms with Gasteiger partial charge in [0.25, 0.3) is 0 Å². The Morgan fingerprint density at radius 1 is 1.21 bits per heavy atom. The molecule has 17 heteroatoms. The highest BCUT2D eigenvalue weighted by atomic mass is 35.5. The Kier molecular flexibility index (Phi) is 7.04. The Hall–Kier alpha value is -1.18. The number of aliphatic hydroxyl groups is 2. The average molecular weight is 596 g/mol. The highest BCUT2D eigenvalue weighted by molar-refractivity contribution is 7.70. The molecule has 3 unspecified atom stereocenters. The minimum atomic E-state index is -4.83. The van der Waals surface area contributed by atoms with E-state index in [2.05, 4.69) is 41.0 Å². The van der Waals surface area contributed by atoms with Gasteiger partial charge in [-0.25, -0.2) is 4.98 Å². The van der Waals surface area contributed by atoms with E-state index < -0.39 is 52.2 Å². The van der Waals surface area contributed by atoms with Crippen LogP contribution in [-0.4, -0.2) is 81.3 Å². The van der Waals surface area contributed by atoms with Crippen molar-refractivity contribution in [2.24, 2.45) is 16.7 Å². The van der Waals surface area contributed by atoms with Crippen LogP contribution in [0.2, 0.25) is 5.28 Å². The van der Waals surface area contributed by atoms with E-state index in [-0.39, 0.29) is 27.8 Å². The minimum absolute atomic E-state index is 0.0536. The normalized spacial score (nSPS) is 36.1. The van der Waals surface area contributed by atoms with E-state index in [0.29, 0.717) is 17.3 Å². The van der Waals surface area contributed by atoms with Crippen molar-refractivity contribution < 1.29 is 43.3 Å². The lowest BCUT2D eigenvalue weighted by Crippen LogP contribution is -2.40. The zero-order valence-electron chi connectivity index (χ0n) is 21.0. The maximum Gasteiger partial charge on any atom is 0.340 e. The zero-order chi connectivity index (χ0) is 27.8. The number of rotatable bonds is 8. The van der Waals surface area contributed by atoms with Crippen LogP contribution in [0, 0.1) is 16.7 Å². The number of nitrogens with one attached hydrogen (secondary N) is 1. The van der Waals surface area contributed by atoms with Gasteiger partial charge in [0.1, 0.15) is 18.3 Å². The molecule has 2 aromatic rings. The van der Waals surface area contributed by atoms with Crippen molar-refractivity contribution in [2.45, 2.75) is 70.6 Å². The van der Waals surface area contributed by atoms with Crippen molar-refractivity contribution in [3.63, 3.8) is 0 Å². The highest BCUT2D eigenvalue weighted by Gasteiger charge is 2.61. The van der Waals surface area contributed by atoms with Gasteiger partial charge in [-0.05, 0) is 47.6 Å². The first-order chi connectivity index (χ1) is 17.5. The lowest BCUT2D eigenvalue weighted by atomic mass is 9.69. The summed E-state index contributed by atoms with van der Waals surface area (Å²) in [6.45, 7) is 6.19. The first-order valence-electron chi connectivity index (χ1n) is 12.2. The summed E-state index contributed by atoms with van der Waals surface area (Å²) in [5.74, 6) is -0.349.